The first-order valence-electron chi connectivity index (χ1n) is 4.84. The maximum absolute atomic E-state index is 11.4. The van der Waals surface area contributed by atoms with Crippen LogP contribution >= 0.6 is 0 Å². The SMILES string of the molecule is COC(=O)NN=C1CC(=O)CC(C)(C)C1. The number of nitrogens with zero attached hydrogens (tertiary/aromatic N) is 1. The minimum absolute atomic E-state index is 0.0635. The third-order valence-electron chi connectivity index (χ3n) is 2.25. The zero-order valence-electron chi connectivity index (χ0n) is 9.29. The molecule has 1 N–H and O–H groups in total. The van der Waals surface area contributed by atoms with E-state index in [1.165, 1.54) is 7.11 Å². The Labute approximate surface area is 88.9 Å². The van der Waals surface area contributed by atoms with E-state index in [0.717, 1.165) is 6.42 Å². The minimum atomic E-state index is -0.613. The molecule has 0 spiro atoms. The molecule has 84 valence electrons. The van der Waals surface area contributed by atoms with Gasteiger partial charge < -0.3 is 4.74 Å². The smallest absolute Gasteiger partial charge is 0.427 e. The van der Waals surface area contributed by atoms with Crippen molar-refractivity contribution in [3.63, 3.8) is 0 Å². The Hall–Kier alpha value is -1.39. The minimum Gasteiger partial charge on any atom is -0.452 e. The summed E-state index contributed by atoms with van der Waals surface area (Å²) in [4.78, 5) is 22.2. The van der Waals surface area contributed by atoms with Crippen LogP contribution in [-0.2, 0) is 9.53 Å². The van der Waals surface area contributed by atoms with Crippen molar-refractivity contribution in [3.05, 3.63) is 0 Å². The lowest BCUT2D eigenvalue weighted by atomic mass is 9.76. The Balaban J connectivity index is 2.62. The molecule has 0 radical (unpaired) electrons. The number of hydrogen-bond acceptors (Lipinski definition) is 4. The van der Waals surface area contributed by atoms with Crippen LogP contribution in [-0.4, -0.2) is 24.7 Å². The monoisotopic (exact) mass is 212 g/mol. The molecule has 1 rings (SSSR count). The third-order valence-corrected chi connectivity index (χ3v) is 2.25. The van der Waals surface area contributed by atoms with E-state index in [1.54, 1.807) is 0 Å². The first-order chi connectivity index (χ1) is 6.93. The van der Waals surface area contributed by atoms with Gasteiger partial charge in [0.05, 0.1) is 7.11 Å². The van der Waals surface area contributed by atoms with Gasteiger partial charge >= 0.3 is 6.09 Å². The van der Waals surface area contributed by atoms with Crippen molar-refractivity contribution in [1.29, 1.82) is 0 Å². The lowest BCUT2D eigenvalue weighted by Crippen LogP contribution is -2.31. The van der Waals surface area contributed by atoms with E-state index in [-0.39, 0.29) is 11.2 Å². The number of ketones is 1. The standard InChI is InChI=1S/C10H16N2O3/c1-10(2)5-7(4-8(13)6-10)11-12-9(14)15-3/h4-6H2,1-3H3,(H,12,14). The van der Waals surface area contributed by atoms with E-state index in [2.05, 4.69) is 15.3 Å². The molecule has 0 aromatic heterocycles. The highest BCUT2D eigenvalue weighted by Gasteiger charge is 2.30. The number of Topliss-reactive ketones (excluding diaryl/α,β-unsaturated/α-hetero) is 1. The maximum atomic E-state index is 11.4. The molecule has 0 aliphatic heterocycles. The molecule has 0 heterocycles. The number of amides is 1. The number of ether oxygens (including phenoxy) is 1. The van der Waals surface area contributed by atoms with Gasteiger partial charge in [-0.1, -0.05) is 13.8 Å². The molecule has 0 atom stereocenters. The predicted molar refractivity (Wildman–Crippen MR) is 55.6 cm³/mol. The zero-order valence-corrected chi connectivity index (χ0v) is 9.29. The highest BCUT2D eigenvalue weighted by molar-refractivity contribution is 6.04. The molecule has 1 aliphatic rings. The molecular weight excluding hydrogens is 196 g/mol. The number of hydrazone groups is 1. The number of methoxy groups -OCH3 is 1. The fraction of sp³-hybridized carbons (Fsp3) is 0.700. The summed E-state index contributed by atoms with van der Waals surface area (Å²) in [6.45, 7) is 4.02. The molecule has 15 heavy (non-hydrogen) atoms. The lowest BCUT2D eigenvalue weighted by Gasteiger charge is -2.28. The lowest BCUT2D eigenvalue weighted by molar-refractivity contribution is -0.120. The second kappa shape index (κ2) is 4.42. The second-order valence-corrected chi connectivity index (χ2v) is 4.51. The van der Waals surface area contributed by atoms with Crippen LogP contribution in [0.1, 0.15) is 33.1 Å². The molecule has 1 fully saturated rings. The topological polar surface area (TPSA) is 67.8 Å². The normalized spacial score (nSPS) is 22.6. The summed E-state index contributed by atoms with van der Waals surface area (Å²) in [6, 6.07) is 0. The Kier molecular flexibility index (Phi) is 3.44. The Morgan fingerprint density at radius 1 is 1.47 bits per heavy atom. The molecule has 5 nitrogen and oxygen atoms in total. The zero-order chi connectivity index (χ0) is 11.5. The van der Waals surface area contributed by atoms with Gasteiger partial charge in [0.2, 0.25) is 0 Å². The van der Waals surface area contributed by atoms with Crippen molar-refractivity contribution >= 4 is 17.6 Å². The van der Waals surface area contributed by atoms with Crippen LogP contribution in [0, 0.1) is 5.41 Å². The van der Waals surface area contributed by atoms with E-state index in [9.17, 15) is 9.59 Å². The molecule has 1 amide bonds. The van der Waals surface area contributed by atoms with Crippen molar-refractivity contribution in [1.82, 2.24) is 5.43 Å². The number of nitrogens with one attached hydrogen (secondary N) is 1. The van der Waals surface area contributed by atoms with E-state index in [4.69, 9.17) is 0 Å². The first kappa shape index (κ1) is 11.7. The Morgan fingerprint density at radius 3 is 2.67 bits per heavy atom. The fourth-order valence-corrected chi connectivity index (χ4v) is 1.75. The molecule has 0 unspecified atom stereocenters. The number of rotatable bonds is 1. The van der Waals surface area contributed by atoms with Crippen LogP contribution in [0.3, 0.4) is 0 Å². The molecular formula is C10H16N2O3. The Bertz CT molecular complexity index is 308. The van der Waals surface area contributed by atoms with Gasteiger partial charge in [-0.2, -0.15) is 5.10 Å². The number of carbonyl (C=O) groups excluding carboxylic acids is 2. The highest BCUT2D eigenvalue weighted by Crippen LogP contribution is 2.31. The van der Waals surface area contributed by atoms with E-state index < -0.39 is 6.09 Å². The first-order valence-corrected chi connectivity index (χ1v) is 4.84. The predicted octanol–water partition coefficient (Wildman–Crippen LogP) is 1.48. The van der Waals surface area contributed by atoms with E-state index >= 15 is 0 Å². The van der Waals surface area contributed by atoms with Crippen LogP contribution in [0.15, 0.2) is 5.10 Å². The Morgan fingerprint density at radius 2 is 2.13 bits per heavy atom. The van der Waals surface area contributed by atoms with E-state index in [0.29, 0.717) is 18.6 Å². The van der Waals surface area contributed by atoms with Crippen LogP contribution in [0.5, 0.6) is 0 Å². The average molecular weight is 212 g/mol. The van der Waals surface area contributed by atoms with Gasteiger partial charge in [-0.15, -0.1) is 0 Å². The van der Waals surface area contributed by atoms with Crippen LogP contribution in [0.25, 0.3) is 0 Å². The quantitative estimate of drug-likeness (QED) is 0.669. The van der Waals surface area contributed by atoms with Crippen molar-refractivity contribution in [2.75, 3.05) is 7.11 Å². The summed E-state index contributed by atoms with van der Waals surface area (Å²) >= 11 is 0. The molecule has 1 saturated carbocycles. The van der Waals surface area contributed by atoms with Crippen molar-refractivity contribution in [2.45, 2.75) is 33.1 Å². The summed E-state index contributed by atoms with van der Waals surface area (Å²) in [5, 5.41) is 3.87. The van der Waals surface area contributed by atoms with Crippen LogP contribution in [0.2, 0.25) is 0 Å². The van der Waals surface area contributed by atoms with Crippen LogP contribution in [0.4, 0.5) is 4.79 Å². The molecule has 0 aromatic rings. The maximum Gasteiger partial charge on any atom is 0.427 e. The van der Waals surface area contributed by atoms with Gasteiger partial charge in [0, 0.05) is 18.6 Å². The van der Waals surface area contributed by atoms with Crippen molar-refractivity contribution < 1.29 is 14.3 Å². The van der Waals surface area contributed by atoms with Crippen molar-refractivity contribution in [2.24, 2.45) is 10.5 Å². The van der Waals surface area contributed by atoms with Gasteiger partial charge in [0.1, 0.15) is 5.78 Å². The summed E-state index contributed by atoms with van der Waals surface area (Å²) in [5.41, 5.74) is 2.88. The number of carbonyl (C=O) groups is 2. The summed E-state index contributed by atoms with van der Waals surface area (Å²) < 4.78 is 4.38. The van der Waals surface area contributed by atoms with Crippen LogP contribution < -0.4 is 5.43 Å². The summed E-state index contributed by atoms with van der Waals surface area (Å²) in [5.74, 6) is 0.164. The number of hydrogen-bond donors (Lipinski definition) is 1. The van der Waals surface area contributed by atoms with Gasteiger partial charge in [-0.05, 0) is 11.8 Å². The molecule has 0 saturated heterocycles. The van der Waals surface area contributed by atoms with Gasteiger partial charge in [0.25, 0.3) is 0 Å². The molecule has 0 aromatic carbocycles. The second-order valence-electron chi connectivity index (χ2n) is 4.51. The van der Waals surface area contributed by atoms with Crippen molar-refractivity contribution in [3.8, 4) is 0 Å². The van der Waals surface area contributed by atoms with E-state index in [1.807, 2.05) is 13.8 Å². The summed E-state index contributed by atoms with van der Waals surface area (Å²) in [7, 11) is 1.27. The molecule has 5 heteroatoms. The molecule has 1 aliphatic carbocycles. The fourth-order valence-electron chi connectivity index (χ4n) is 1.75. The largest absolute Gasteiger partial charge is 0.452 e. The molecule has 0 bridgehead atoms. The summed E-state index contributed by atoms with van der Waals surface area (Å²) in [6.07, 6.45) is 1.01. The third kappa shape index (κ3) is 3.69. The average Bonchev–Trinajstić information content (AvgIpc) is 2.11. The van der Waals surface area contributed by atoms with Gasteiger partial charge in [-0.3, -0.25) is 4.79 Å². The van der Waals surface area contributed by atoms with Gasteiger partial charge in [-0.25, -0.2) is 10.2 Å². The highest BCUT2D eigenvalue weighted by atomic mass is 16.5. The van der Waals surface area contributed by atoms with Gasteiger partial charge in [0.15, 0.2) is 0 Å².